The maximum atomic E-state index is 13.9. The van der Waals surface area contributed by atoms with Gasteiger partial charge < -0.3 is 30.3 Å². The van der Waals surface area contributed by atoms with Crippen LogP contribution in [-0.4, -0.2) is 122 Å². The highest BCUT2D eigenvalue weighted by molar-refractivity contribution is 7.18. The van der Waals surface area contributed by atoms with Crippen LogP contribution in [0.4, 0.5) is 17.2 Å². The molecular weight excluding hydrogens is 885 g/mol. The van der Waals surface area contributed by atoms with Crippen molar-refractivity contribution in [2.45, 2.75) is 108 Å². The fraction of sp³-hybridized carbons (Fsp3) is 0.520. The van der Waals surface area contributed by atoms with Crippen LogP contribution >= 0.6 is 11.3 Å². The molecule has 2 aliphatic carbocycles. The van der Waals surface area contributed by atoms with Crippen molar-refractivity contribution in [1.29, 1.82) is 0 Å². The number of aliphatic hydroxyl groups is 1. The van der Waals surface area contributed by atoms with Crippen LogP contribution in [0, 0.1) is 17.3 Å². The summed E-state index contributed by atoms with van der Waals surface area (Å²) in [7, 11) is 0. The number of anilines is 3. The van der Waals surface area contributed by atoms with Crippen molar-refractivity contribution in [1.82, 2.24) is 34.7 Å². The zero-order valence-corrected chi connectivity index (χ0v) is 39.1. The maximum absolute atomic E-state index is 13.9. The van der Waals surface area contributed by atoms with E-state index in [2.05, 4.69) is 30.8 Å². The van der Waals surface area contributed by atoms with Gasteiger partial charge in [0, 0.05) is 68.2 Å². The molecule has 5 aromatic rings. The average molecular weight is 941 g/mol. The summed E-state index contributed by atoms with van der Waals surface area (Å²) >= 11 is 1.69. The number of rotatable bonds is 12. The highest BCUT2D eigenvalue weighted by Crippen LogP contribution is 2.53. The van der Waals surface area contributed by atoms with Gasteiger partial charge in [0.05, 0.1) is 56.9 Å². The number of morpholine rings is 1. The molecule has 2 saturated carbocycles. The number of ether oxygens (including phenoxy) is 1. The zero-order valence-electron chi connectivity index (χ0n) is 38.3. The van der Waals surface area contributed by atoms with Gasteiger partial charge in [-0.3, -0.25) is 34.2 Å². The molecule has 68 heavy (non-hydrogen) atoms. The van der Waals surface area contributed by atoms with E-state index in [1.807, 2.05) is 30.5 Å². The van der Waals surface area contributed by atoms with E-state index in [0.717, 1.165) is 77.8 Å². The van der Waals surface area contributed by atoms with Crippen molar-refractivity contribution >= 4 is 73.9 Å². The van der Waals surface area contributed by atoms with Crippen LogP contribution in [0.5, 0.6) is 0 Å². The monoisotopic (exact) mass is 940 g/mol. The SMILES string of the molecule is CC(C)(O)c1cc2nc([C@H]3CC[C@H](CN4CC5(CC(CCNc6cccc7c6C(=O)N(C6CCC(=O)NC6=O)C7=O)C5)C4)CC3)sc2cc1NC(=O)c1cnn2ccc(N3C[C@H]4C[C@@H]3CO4)nc12. The average Bonchev–Trinajstić information content (AvgIpc) is 4.14. The van der Waals surface area contributed by atoms with E-state index >= 15 is 0 Å². The number of imide groups is 2. The maximum Gasteiger partial charge on any atom is 0.264 e. The molecule has 2 bridgehead atoms. The summed E-state index contributed by atoms with van der Waals surface area (Å²) in [6, 6.07) is 10.3. The number of fused-ring (bicyclic) bond motifs is 5. The first-order valence-corrected chi connectivity index (χ1v) is 25.1. The Balaban J connectivity index is 0.620. The number of likely N-dealkylation sites (tertiary alicyclic amines) is 1. The second-order valence-corrected chi connectivity index (χ2v) is 22.2. The van der Waals surface area contributed by atoms with E-state index in [1.165, 1.54) is 25.7 Å². The topological polar surface area (TPSA) is 204 Å². The van der Waals surface area contributed by atoms with Gasteiger partial charge in [0.15, 0.2) is 5.65 Å². The van der Waals surface area contributed by atoms with Gasteiger partial charge in [-0.05, 0) is 119 Å². The lowest BCUT2D eigenvalue weighted by atomic mass is 9.57. The predicted octanol–water partition coefficient (Wildman–Crippen LogP) is 5.69. The minimum atomic E-state index is -1.23. The van der Waals surface area contributed by atoms with Gasteiger partial charge in [-0.2, -0.15) is 5.10 Å². The summed E-state index contributed by atoms with van der Waals surface area (Å²) in [5.74, 6) is 0.164. The van der Waals surface area contributed by atoms with Crippen LogP contribution in [0.3, 0.4) is 0 Å². The third kappa shape index (κ3) is 7.63. The molecule has 12 rings (SSSR count). The molecule has 1 spiro atoms. The number of carbonyl (C=O) groups excluding carboxylic acids is 5. The molecule has 3 aromatic heterocycles. The Hall–Kier alpha value is -5.82. The molecular formula is C50H56N10O7S. The van der Waals surface area contributed by atoms with E-state index in [4.69, 9.17) is 14.7 Å². The van der Waals surface area contributed by atoms with Gasteiger partial charge in [-0.25, -0.2) is 14.5 Å². The Morgan fingerprint density at radius 3 is 2.57 bits per heavy atom. The molecule has 1 unspecified atom stereocenters. The number of amides is 5. The smallest absolute Gasteiger partial charge is 0.264 e. The largest absolute Gasteiger partial charge is 0.386 e. The Morgan fingerprint density at radius 2 is 1.82 bits per heavy atom. The molecule has 0 radical (unpaired) electrons. The number of carbonyl (C=O) groups is 5. The number of nitrogens with zero attached hydrogens (tertiary/aromatic N) is 7. The minimum Gasteiger partial charge on any atom is -0.386 e. The van der Waals surface area contributed by atoms with Crippen LogP contribution in [0.15, 0.2) is 48.8 Å². The minimum absolute atomic E-state index is 0.0907. The van der Waals surface area contributed by atoms with Crippen LogP contribution in [0.2, 0.25) is 0 Å². The molecule has 4 saturated heterocycles. The molecule has 18 heteroatoms. The van der Waals surface area contributed by atoms with Crippen molar-refractivity contribution in [3.05, 3.63) is 76.1 Å². The molecule has 8 heterocycles. The Bertz CT molecular complexity index is 2900. The first kappa shape index (κ1) is 43.5. The highest BCUT2D eigenvalue weighted by atomic mass is 32.1. The summed E-state index contributed by atoms with van der Waals surface area (Å²) in [6.45, 7) is 9.07. The van der Waals surface area contributed by atoms with Crippen LogP contribution in [0.25, 0.3) is 15.9 Å². The Morgan fingerprint density at radius 1 is 1.00 bits per heavy atom. The van der Waals surface area contributed by atoms with Crippen LogP contribution in [-0.2, 0) is 19.9 Å². The fourth-order valence-electron chi connectivity index (χ4n) is 12.5. The highest BCUT2D eigenvalue weighted by Gasteiger charge is 2.52. The van der Waals surface area contributed by atoms with Crippen molar-refractivity contribution in [2.75, 3.05) is 54.9 Å². The molecule has 354 valence electrons. The van der Waals surface area contributed by atoms with E-state index < -0.39 is 35.3 Å². The predicted molar refractivity (Wildman–Crippen MR) is 254 cm³/mol. The second kappa shape index (κ2) is 16.4. The van der Waals surface area contributed by atoms with Crippen LogP contribution < -0.4 is 20.9 Å². The summed E-state index contributed by atoms with van der Waals surface area (Å²) in [4.78, 5) is 80.8. The van der Waals surface area contributed by atoms with E-state index in [0.29, 0.717) is 81.6 Å². The van der Waals surface area contributed by atoms with Gasteiger partial charge in [0.25, 0.3) is 17.7 Å². The molecule has 2 aromatic carbocycles. The normalized spacial score (nSPS) is 25.9. The summed E-state index contributed by atoms with van der Waals surface area (Å²) in [5, 5.41) is 25.6. The Kier molecular flexibility index (Phi) is 10.5. The number of nitrogens with one attached hydrogen (secondary N) is 3. The molecule has 17 nitrogen and oxygen atoms in total. The van der Waals surface area contributed by atoms with Gasteiger partial charge in [0.2, 0.25) is 11.8 Å². The van der Waals surface area contributed by atoms with Crippen molar-refractivity contribution < 1.29 is 33.8 Å². The summed E-state index contributed by atoms with van der Waals surface area (Å²) in [6.07, 6.45) is 12.7. The lowest BCUT2D eigenvalue weighted by Gasteiger charge is -2.60. The third-order valence-electron chi connectivity index (χ3n) is 15.9. The lowest BCUT2D eigenvalue weighted by Crippen LogP contribution is -2.63. The Labute approximate surface area is 397 Å². The van der Waals surface area contributed by atoms with E-state index in [9.17, 15) is 29.1 Å². The number of thiazole rings is 1. The number of piperidine rings is 1. The number of benzene rings is 2. The van der Waals surface area contributed by atoms with Gasteiger partial charge >= 0.3 is 0 Å². The van der Waals surface area contributed by atoms with E-state index in [-0.39, 0.29) is 24.9 Å². The number of aromatic nitrogens is 4. The first-order chi connectivity index (χ1) is 32.8. The van der Waals surface area contributed by atoms with Crippen LogP contribution in [0.1, 0.15) is 126 Å². The molecule has 7 aliphatic rings. The van der Waals surface area contributed by atoms with Crippen molar-refractivity contribution in [2.24, 2.45) is 17.3 Å². The molecule has 3 atom stereocenters. The molecule has 6 fully saturated rings. The lowest BCUT2D eigenvalue weighted by molar-refractivity contribution is -0.136. The zero-order chi connectivity index (χ0) is 46.6. The standard InChI is InChI=1S/C50H56N10O7S/c1-49(2,66)34-17-37-39(18-36(34)53-44(62)33-21-52-59-15-13-40(55-43(33)59)58-23-31-16-30(58)24-67-31)68-46(54-37)29-8-6-27(7-9-29)22-57-25-50(26-57)19-28(20-50)12-14-51-35-5-3-4-32-42(35)48(65)60(47(32)64)38-10-11-41(61)56-45(38)63/h3-5,13,15,17-18,21,27-31,38,51,66H,6-12,14,16,19-20,22-26H2,1-2H3,(H,53,62)(H,56,61,63)/t27-,29-,30-,31-,38?/m1/s1. The summed E-state index contributed by atoms with van der Waals surface area (Å²) in [5.41, 5.74) is 3.23. The van der Waals surface area contributed by atoms with Crippen molar-refractivity contribution in [3.8, 4) is 0 Å². The second-order valence-electron chi connectivity index (χ2n) is 21.1. The molecule has 4 N–H and O–H groups in total. The fourth-order valence-corrected chi connectivity index (χ4v) is 13.7. The molecule has 5 aliphatic heterocycles. The van der Waals surface area contributed by atoms with Gasteiger partial charge in [-0.1, -0.05) is 6.07 Å². The number of hydrogen-bond acceptors (Lipinski definition) is 14. The third-order valence-corrected chi connectivity index (χ3v) is 17.0. The van der Waals surface area contributed by atoms with E-state index in [1.54, 1.807) is 48.0 Å². The first-order valence-electron chi connectivity index (χ1n) is 24.3. The van der Waals surface area contributed by atoms with Crippen molar-refractivity contribution in [3.63, 3.8) is 0 Å². The number of hydrogen-bond donors (Lipinski definition) is 4. The summed E-state index contributed by atoms with van der Waals surface area (Å²) < 4.78 is 8.39. The van der Waals surface area contributed by atoms with Gasteiger partial charge in [-0.15, -0.1) is 11.3 Å². The molecule has 5 amide bonds. The quantitative estimate of drug-likeness (QED) is 0.111. The van der Waals surface area contributed by atoms with Gasteiger partial charge in [0.1, 0.15) is 17.4 Å².